The number of amides is 1. The number of likely N-dealkylation sites (tertiary alicyclic amines) is 1. The largest absolute Gasteiger partial charge is 0.508 e. The van der Waals surface area contributed by atoms with Crippen molar-refractivity contribution in [1.29, 1.82) is 0 Å². The van der Waals surface area contributed by atoms with Gasteiger partial charge in [0.25, 0.3) is 0 Å². The van der Waals surface area contributed by atoms with Gasteiger partial charge in [0, 0.05) is 18.3 Å². The minimum atomic E-state index is -0.426. The van der Waals surface area contributed by atoms with Crippen LogP contribution in [0, 0.1) is 0 Å². The molecule has 1 aromatic carbocycles. The highest BCUT2D eigenvalue weighted by Crippen LogP contribution is 2.34. The number of rotatable bonds is 6. The van der Waals surface area contributed by atoms with E-state index in [4.69, 9.17) is 4.74 Å². The lowest BCUT2D eigenvalue weighted by Gasteiger charge is -2.23. The maximum Gasteiger partial charge on any atom is 0.357 e. The van der Waals surface area contributed by atoms with Crippen molar-refractivity contribution in [2.75, 3.05) is 13.2 Å². The number of phenols is 1. The third-order valence-electron chi connectivity index (χ3n) is 4.46. The van der Waals surface area contributed by atoms with Crippen LogP contribution in [0.25, 0.3) is 0 Å². The Bertz CT molecular complexity index is 789. The third-order valence-corrected chi connectivity index (χ3v) is 5.41. The van der Waals surface area contributed by atoms with Gasteiger partial charge in [-0.2, -0.15) is 0 Å². The first-order valence-corrected chi connectivity index (χ1v) is 9.67. The topological polar surface area (TPSA) is 79.7 Å². The van der Waals surface area contributed by atoms with E-state index in [1.807, 2.05) is 17.0 Å². The highest BCUT2D eigenvalue weighted by Gasteiger charge is 2.32. The summed E-state index contributed by atoms with van der Waals surface area (Å²) in [5.74, 6) is -0.161. The van der Waals surface area contributed by atoms with Crippen LogP contribution in [0.2, 0.25) is 0 Å². The Morgan fingerprint density at radius 2 is 2.19 bits per heavy atom. The molecule has 0 aliphatic carbocycles. The summed E-state index contributed by atoms with van der Waals surface area (Å²) >= 11 is 1.39. The van der Waals surface area contributed by atoms with E-state index in [2.05, 4.69) is 4.98 Å². The quantitative estimate of drug-likeness (QED) is 0.785. The van der Waals surface area contributed by atoms with E-state index in [1.54, 1.807) is 24.4 Å². The molecule has 3 rings (SSSR count). The van der Waals surface area contributed by atoms with Gasteiger partial charge in [-0.1, -0.05) is 18.2 Å². The van der Waals surface area contributed by atoms with Crippen LogP contribution in [0.4, 0.5) is 0 Å². The highest BCUT2D eigenvalue weighted by molar-refractivity contribution is 7.09. The normalized spacial score (nSPS) is 16.7. The SMILES string of the molecule is CCOC(=O)c1csc([C@@H]2CCCN2C(=O)CCc2ccccc2O)n1. The van der Waals surface area contributed by atoms with Crippen LogP contribution in [-0.2, 0) is 16.0 Å². The zero-order valence-corrected chi connectivity index (χ0v) is 15.5. The maximum atomic E-state index is 12.7. The number of hydrogen-bond donors (Lipinski definition) is 1. The van der Waals surface area contributed by atoms with Gasteiger partial charge in [0.05, 0.1) is 12.6 Å². The van der Waals surface area contributed by atoms with E-state index in [-0.39, 0.29) is 17.7 Å². The van der Waals surface area contributed by atoms with E-state index in [0.29, 0.717) is 31.7 Å². The van der Waals surface area contributed by atoms with E-state index in [9.17, 15) is 14.7 Å². The Morgan fingerprint density at radius 1 is 1.38 bits per heavy atom. The molecular formula is C19H22N2O4S. The minimum absolute atomic E-state index is 0.0450. The summed E-state index contributed by atoms with van der Waals surface area (Å²) in [5, 5.41) is 12.3. The molecular weight excluding hydrogens is 352 g/mol. The van der Waals surface area contributed by atoms with Crippen LogP contribution in [0.1, 0.15) is 53.3 Å². The second kappa shape index (κ2) is 8.31. The van der Waals surface area contributed by atoms with Crippen LogP contribution >= 0.6 is 11.3 Å². The van der Waals surface area contributed by atoms with Gasteiger partial charge in [-0.15, -0.1) is 11.3 Å². The number of ether oxygens (including phenoxy) is 1. The first kappa shape index (κ1) is 18.4. The summed E-state index contributed by atoms with van der Waals surface area (Å²) in [6.45, 7) is 2.76. The van der Waals surface area contributed by atoms with Crippen molar-refractivity contribution in [3.8, 4) is 5.75 Å². The van der Waals surface area contributed by atoms with Crippen molar-refractivity contribution < 1.29 is 19.4 Å². The molecule has 0 unspecified atom stereocenters. The molecule has 1 fully saturated rings. The monoisotopic (exact) mass is 374 g/mol. The Kier molecular flexibility index (Phi) is 5.88. The first-order valence-electron chi connectivity index (χ1n) is 8.79. The van der Waals surface area contributed by atoms with Gasteiger partial charge in [-0.05, 0) is 37.8 Å². The van der Waals surface area contributed by atoms with Crippen molar-refractivity contribution in [3.05, 3.63) is 45.9 Å². The fraction of sp³-hybridized carbons (Fsp3) is 0.421. The zero-order valence-electron chi connectivity index (χ0n) is 14.7. The number of carbonyl (C=O) groups is 2. The second-order valence-corrected chi connectivity index (χ2v) is 7.06. The molecule has 1 aromatic heterocycles. The van der Waals surface area contributed by atoms with Crippen molar-refractivity contribution in [3.63, 3.8) is 0 Å². The molecule has 0 radical (unpaired) electrons. The van der Waals surface area contributed by atoms with Crippen molar-refractivity contribution >= 4 is 23.2 Å². The molecule has 0 spiro atoms. The Hall–Kier alpha value is -2.41. The van der Waals surface area contributed by atoms with Crippen LogP contribution in [0.5, 0.6) is 5.75 Å². The number of aromatic hydroxyl groups is 1. The fourth-order valence-corrected chi connectivity index (χ4v) is 4.10. The Labute approximate surface area is 156 Å². The predicted octanol–water partition coefficient (Wildman–Crippen LogP) is 3.32. The van der Waals surface area contributed by atoms with E-state index < -0.39 is 5.97 Å². The molecule has 0 bridgehead atoms. The zero-order chi connectivity index (χ0) is 18.5. The lowest BCUT2D eigenvalue weighted by molar-refractivity contribution is -0.132. The summed E-state index contributed by atoms with van der Waals surface area (Å²) < 4.78 is 4.98. The number of esters is 1. The fourth-order valence-electron chi connectivity index (χ4n) is 3.17. The van der Waals surface area contributed by atoms with Crippen molar-refractivity contribution in [1.82, 2.24) is 9.88 Å². The number of nitrogens with zero attached hydrogens (tertiary/aromatic N) is 2. The lowest BCUT2D eigenvalue weighted by Crippen LogP contribution is -2.30. The molecule has 7 heteroatoms. The average Bonchev–Trinajstić information content (AvgIpc) is 3.30. The van der Waals surface area contributed by atoms with Gasteiger partial charge in [0.2, 0.25) is 5.91 Å². The van der Waals surface area contributed by atoms with Crippen molar-refractivity contribution in [2.24, 2.45) is 0 Å². The Balaban J connectivity index is 1.65. The molecule has 1 amide bonds. The number of thiazole rings is 1. The number of carbonyl (C=O) groups excluding carboxylic acids is 2. The number of aromatic nitrogens is 1. The Morgan fingerprint density at radius 3 is 2.96 bits per heavy atom. The molecule has 138 valence electrons. The molecule has 2 heterocycles. The van der Waals surface area contributed by atoms with E-state index in [0.717, 1.165) is 23.4 Å². The second-order valence-electron chi connectivity index (χ2n) is 6.17. The van der Waals surface area contributed by atoms with E-state index in [1.165, 1.54) is 11.3 Å². The molecule has 6 nitrogen and oxygen atoms in total. The van der Waals surface area contributed by atoms with Gasteiger partial charge < -0.3 is 14.7 Å². The van der Waals surface area contributed by atoms with Gasteiger partial charge in [0.15, 0.2) is 5.69 Å². The molecule has 1 saturated heterocycles. The standard InChI is InChI=1S/C19H22N2O4S/c1-2-25-19(24)14-12-26-18(20-14)15-7-5-11-21(15)17(23)10-9-13-6-3-4-8-16(13)22/h3-4,6,8,12,15,22H,2,5,7,9-11H2,1H3/t15-/m0/s1. The number of phenolic OH excluding ortho intramolecular Hbond substituents is 1. The summed E-state index contributed by atoms with van der Waals surface area (Å²) in [5.41, 5.74) is 1.08. The summed E-state index contributed by atoms with van der Waals surface area (Å²) in [7, 11) is 0. The van der Waals surface area contributed by atoms with Gasteiger partial charge >= 0.3 is 5.97 Å². The maximum absolute atomic E-state index is 12.7. The van der Waals surface area contributed by atoms with Crippen LogP contribution in [0.15, 0.2) is 29.6 Å². The molecule has 2 aromatic rings. The number of hydrogen-bond acceptors (Lipinski definition) is 6. The van der Waals surface area contributed by atoms with Crippen molar-refractivity contribution in [2.45, 2.75) is 38.6 Å². The average molecular weight is 374 g/mol. The number of benzene rings is 1. The predicted molar refractivity (Wildman–Crippen MR) is 98.2 cm³/mol. The first-order chi connectivity index (χ1) is 12.6. The smallest absolute Gasteiger partial charge is 0.357 e. The number of aryl methyl sites for hydroxylation is 1. The highest BCUT2D eigenvalue weighted by atomic mass is 32.1. The molecule has 1 aliphatic heterocycles. The van der Waals surface area contributed by atoms with Crippen LogP contribution in [-0.4, -0.2) is 40.0 Å². The minimum Gasteiger partial charge on any atom is -0.508 e. The molecule has 26 heavy (non-hydrogen) atoms. The lowest BCUT2D eigenvalue weighted by atomic mass is 10.1. The van der Waals surface area contributed by atoms with Crippen LogP contribution in [0.3, 0.4) is 0 Å². The van der Waals surface area contributed by atoms with Gasteiger partial charge in [-0.25, -0.2) is 9.78 Å². The van der Waals surface area contributed by atoms with Gasteiger partial charge in [-0.3, -0.25) is 4.79 Å². The molecule has 1 aliphatic rings. The third kappa shape index (κ3) is 4.04. The molecule has 0 saturated carbocycles. The summed E-state index contributed by atoms with van der Waals surface area (Å²) in [6, 6.07) is 6.99. The number of para-hydroxylation sites is 1. The summed E-state index contributed by atoms with van der Waals surface area (Å²) in [6.07, 6.45) is 2.60. The van der Waals surface area contributed by atoms with Crippen LogP contribution < -0.4 is 0 Å². The molecule has 1 N–H and O–H groups in total. The van der Waals surface area contributed by atoms with Gasteiger partial charge in [0.1, 0.15) is 10.8 Å². The molecule has 1 atom stereocenters. The summed E-state index contributed by atoms with van der Waals surface area (Å²) in [4.78, 5) is 30.7. The van der Waals surface area contributed by atoms with E-state index >= 15 is 0 Å².